The molecule has 1 amide bonds. The summed E-state index contributed by atoms with van der Waals surface area (Å²) in [5, 5.41) is 2.30. The summed E-state index contributed by atoms with van der Waals surface area (Å²) in [5.41, 5.74) is 4.24. The number of rotatable bonds is 5. The molecule has 0 saturated heterocycles. The summed E-state index contributed by atoms with van der Waals surface area (Å²) in [6, 6.07) is 1.51. The van der Waals surface area contributed by atoms with Gasteiger partial charge in [0.15, 0.2) is 5.82 Å². The largest absolute Gasteiger partial charge is 0.396 e. The Morgan fingerprint density at radius 1 is 1.37 bits per heavy atom. The molecule has 0 atom stereocenters. The lowest BCUT2D eigenvalue weighted by molar-refractivity contribution is 0.0949. The Balaban J connectivity index is 2.64. The lowest BCUT2D eigenvalue weighted by atomic mass is 10.1. The number of anilines is 1. The molecule has 0 radical (unpaired) electrons. The molecule has 5 nitrogen and oxygen atoms in total. The Kier molecular flexibility index (Phi) is 4.82. The SMILES string of the molecule is CS(=O)(=O)CCCNC(=O)c1cc(F)cc(N)c1F. The van der Waals surface area contributed by atoms with Gasteiger partial charge in [0.05, 0.1) is 17.0 Å². The van der Waals surface area contributed by atoms with Crippen LogP contribution in [0.15, 0.2) is 12.1 Å². The molecule has 0 aromatic heterocycles. The minimum absolute atomic E-state index is 0.0434. The van der Waals surface area contributed by atoms with Crippen LogP contribution in [0.2, 0.25) is 0 Å². The van der Waals surface area contributed by atoms with Gasteiger partial charge in [-0.15, -0.1) is 0 Å². The Morgan fingerprint density at radius 3 is 2.58 bits per heavy atom. The summed E-state index contributed by atoms with van der Waals surface area (Å²) >= 11 is 0. The number of hydrogen-bond donors (Lipinski definition) is 2. The van der Waals surface area contributed by atoms with Gasteiger partial charge in [0.2, 0.25) is 0 Å². The second kappa shape index (κ2) is 5.96. The van der Waals surface area contributed by atoms with Crippen molar-refractivity contribution in [3.63, 3.8) is 0 Å². The number of amides is 1. The minimum atomic E-state index is -3.11. The van der Waals surface area contributed by atoms with Crippen molar-refractivity contribution in [1.82, 2.24) is 5.32 Å². The van der Waals surface area contributed by atoms with Crippen LogP contribution < -0.4 is 11.1 Å². The lowest BCUT2D eigenvalue weighted by Gasteiger charge is -2.07. The van der Waals surface area contributed by atoms with E-state index in [2.05, 4.69) is 5.32 Å². The van der Waals surface area contributed by atoms with Crippen LogP contribution in [-0.4, -0.2) is 32.9 Å². The summed E-state index contributed by atoms with van der Waals surface area (Å²) in [7, 11) is -3.11. The summed E-state index contributed by atoms with van der Waals surface area (Å²) < 4.78 is 48.2. The third-order valence-corrected chi connectivity index (χ3v) is 3.32. The van der Waals surface area contributed by atoms with Crippen LogP contribution in [-0.2, 0) is 9.84 Å². The minimum Gasteiger partial charge on any atom is -0.396 e. The van der Waals surface area contributed by atoms with Gasteiger partial charge in [0, 0.05) is 12.8 Å². The third kappa shape index (κ3) is 4.82. The summed E-state index contributed by atoms with van der Waals surface area (Å²) in [6.07, 6.45) is 1.26. The smallest absolute Gasteiger partial charge is 0.254 e. The highest BCUT2D eigenvalue weighted by atomic mass is 32.2. The van der Waals surface area contributed by atoms with Crippen LogP contribution >= 0.6 is 0 Å². The maximum atomic E-state index is 13.5. The molecule has 106 valence electrons. The van der Waals surface area contributed by atoms with E-state index >= 15 is 0 Å². The molecule has 3 N–H and O–H groups in total. The van der Waals surface area contributed by atoms with Crippen molar-refractivity contribution in [3.8, 4) is 0 Å². The molecular formula is C11H14F2N2O3S. The lowest BCUT2D eigenvalue weighted by Crippen LogP contribution is -2.27. The Bertz CT molecular complexity index is 588. The van der Waals surface area contributed by atoms with Crippen molar-refractivity contribution in [2.45, 2.75) is 6.42 Å². The Morgan fingerprint density at radius 2 is 2.00 bits per heavy atom. The van der Waals surface area contributed by atoms with Crippen molar-refractivity contribution >= 4 is 21.4 Å². The maximum Gasteiger partial charge on any atom is 0.254 e. The molecule has 0 aliphatic carbocycles. The number of nitrogens with two attached hydrogens (primary N) is 1. The van der Waals surface area contributed by atoms with Gasteiger partial charge in [-0.05, 0) is 18.6 Å². The molecule has 0 heterocycles. The molecule has 0 aliphatic rings. The van der Waals surface area contributed by atoms with Gasteiger partial charge in [-0.3, -0.25) is 4.79 Å². The second-order valence-corrected chi connectivity index (χ2v) is 6.36. The predicted octanol–water partition coefficient (Wildman–Crippen LogP) is 0.712. The number of nitrogen functional groups attached to an aromatic ring is 1. The topological polar surface area (TPSA) is 89.3 Å². The maximum absolute atomic E-state index is 13.5. The van der Waals surface area contributed by atoms with E-state index in [1.54, 1.807) is 0 Å². The second-order valence-electron chi connectivity index (χ2n) is 4.10. The van der Waals surface area contributed by atoms with Crippen LogP contribution in [0, 0.1) is 11.6 Å². The number of carbonyl (C=O) groups excluding carboxylic acids is 1. The van der Waals surface area contributed by atoms with Crippen LogP contribution in [0.5, 0.6) is 0 Å². The number of nitrogens with one attached hydrogen (secondary N) is 1. The third-order valence-electron chi connectivity index (χ3n) is 2.29. The van der Waals surface area contributed by atoms with E-state index in [9.17, 15) is 22.0 Å². The van der Waals surface area contributed by atoms with Crippen molar-refractivity contribution in [1.29, 1.82) is 0 Å². The number of benzene rings is 1. The highest BCUT2D eigenvalue weighted by Crippen LogP contribution is 2.17. The van der Waals surface area contributed by atoms with Crippen LogP contribution in [0.25, 0.3) is 0 Å². The molecule has 19 heavy (non-hydrogen) atoms. The normalized spacial score (nSPS) is 11.3. The molecule has 0 fully saturated rings. The first kappa shape index (κ1) is 15.4. The van der Waals surface area contributed by atoms with Gasteiger partial charge >= 0.3 is 0 Å². The molecular weight excluding hydrogens is 278 g/mol. The van der Waals surface area contributed by atoms with Gasteiger partial charge in [-0.25, -0.2) is 17.2 Å². The van der Waals surface area contributed by atoms with Gasteiger partial charge in [-0.2, -0.15) is 0 Å². The van der Waals surface area contributed by atoms with E-state index in [0.29, 0.717) is 0 Å². The number of hydrogen-bond acceptors (Lipinski definition) is 4. The van der Waals surface area contributed by atoms with E-state index in [4.69, 9.17) is 5.73 Å². The number of sulfone groups is 1. The molecule has 0 saturated carbocycles. The molecule has 1 rings (SSSR count). The first-order valence-electron chi connectivity index (χ1n) is 5.41. The molecule has 1 aromatic rings. The highest BCUT2D eigenvalue weighted by molar-refractivity contribution is 7.90. The van der Waals surface area contributed by atoms with E-state index in [-0.39, 0.29) is 18.7 Å². The quantitative estimate of drug-likeness (QED) is 0.618. The number of halogens is 2. The Hall–Kier alpha value is -1.70. The molecule has 0 spiro atoms. The van der Waals surface area contributed by atoms with Crippen LogP contribution in [0.1, 0.15) is 16.8 Å². The zero-order valence-corrected chi connectivity index (χ0v) is 11.1. The van der Waals surface area contributed by atoms with E-state index in [1.165, 1.54) is 0 Å². The average molecular weight is 292 g/mol. The number of carbonyl (C=O) groups is 1. The zero-order chi connectivity index (χ0) is 14.6. The summed E-state index contributed by atoms with van der Waals surface area (Å²) in [5.74, 6) is -2.75. The summed E-state index contributed by atoms with van der Waals surface area (Å²) in [6.45, 7) is 0.0434. The predicted molar refractivity (Wildman–Crippen MR) is 67.4 cm³/mol. The van der Waals surface area contributed by atoms with Crippen molar-refractivity contribution in [2.24, 2.45) is 0 Å². The zero-order valence-electron chi connectivity index (χ0n) is 10.2. The van der Waals surface area contributed by atoms with Gasteiger partial charge < -0.3 is 11.1 Å². The van der Waals surface area contributed by atoms with Gasteiger partial charge in [0.25, 0.3) is 5.91 Å². The fourth-order valence-corrected chi connectivity index (χ4v) is 2.08. The fraction of sp³-hybridized carbons (Fsp3) is 0.364. The van der Waals surface area contributed by atoms with Crippen molar-refractivity contribution in [3.05, 3.63) is 29.3 Å². The van der Waals surface area contributed by atoms with Crippen LogP contribution in [0.4, 0.5) is 14.5 Å². The first-order valence-corrected chi connectivity index (χ1v) is 7.47. The van der Waals surface area contributed by atoms with Crippen molar-refractivity contribution < 1.29 is 22.0 Å². The molecule has 0 unspecified atom stereocenters. The van der Waals surface area contributed by atoms with E-state index in [1.807, 2.05) is 0 Å². The van der Waals surface area contributed by atoms with Crippen LogP contribution in [0.3, 0.4) is 0 Å². The average Bonchev–Trinajstić information content (AvgIpc) is 2.27. The highest BCUT2D eigenvalue weighted by Gasteiger charge is 2.15. The molecule has 0 aliphatic heterocycles. The molecule has 0 bridgehead atoms. The van der Waals surface area contributed by atoms with Gasteiger partial charge in [-0.1, -0.05) is 0 Å². The fourth-order valence-electron chi connectivity index (χ4n) is 1.41. The summed E-state index contributed by atoms with van der Waals surface area (Å²) in [4.78, 5) is 11.6. The van der Waals surface area contributed by atoms with E-state index in [0.717, 1.165) is 18.4 Å². The monoisotopic (exact) mass is 292 g/mol. The van der Waals surface area contributed by atoms with Gasteiger partial charge in [0.1, 0.15) is 15.7 Å². The molecule has 8 heteroatoms. The molecule has 1 aromatic carbocycles. The first-order chi connectivity index (χ1) is 8.70. The standard InChI is InChI=1S/C11H14F2N2O3S/c1-19(17,18)4-2-3-15-11(16)8-5-7(12)6-9(14)10(8)13/h5-6H,2-4,14H2,1H3,(H,15,16). The van der Waals surface area contributed by atoms with E-state index < -0.39 is 38.6 Å². The Labute approximate surface area is 109 Å². The van der Waals surface area contributed by atoms with Crippen molar-refractivity contribution in [2.75, 3.05) is 24.3 Å².